The van der Waals surface area contributed by atoms with Crippen LogP contribution in [0.25, 0.3) is 0 Å². The van der Waals surface area contributed by atoms with E-state index in [1.165, 1.54) is 6.20 Å². The molecule has 0 bridgehead atoms. The molecule has 0 fully saturated rings. The molecule has 0 aromatic carbocycles. The predicted octanol–water partition coefficient (Wildman–Crippen LogP) is 0.805. The minimum atomic E-state index is -0.574. The molecular weight excluding hydrogens is 170 g/mol. The third kappa shape index (κ3) is 1.96. The molecule has 0 aliphatic rings. The zero-order valence-electron chi connectivity index (χ0n) is 7.61. The summed E-state index contributed by atoms with van der Waals surface area (Å²) in [7, 11) is 0. The Labute approximate surface area is 76.3 Å². The lowest BCUT2D eigenvalue weighted by atomic mass is 10.2. The molecule has 4 nitrogen and oxygen atoms in total. The first kappa shape index (κ1) is 9.51. The van der Waals surface area contributed by atoms with Gasteiger partial charge < -0.3 is 9.94 Å². The van der Waals surface area contributed by atoms with Crippen molar-refractivity contribution in [1.29, 1.82) is 0 Å². The van der Waals surface area contributed by atoms with Crippen LogP contribution in [-0.4, -0.2) is 12.6 Å². The van der Waals surface area contributed by atoms with Gasteiger partial charge in [0.05, 0.1) is 6.61 Å². The van der Waals surface area contributed by atoms with Crippen LogP contribution in [0.1, 0.15) is 23.0 Å². The molecule has 0 spiro atoms. The van der Waals surface area contributed by atoms with Gasteiger partial charge in [0.2, 0.25) is 0 Å². The van der Waals surface area contributed by atoms with Gasteiger partial charge in [0, 0.05) is 11.6 Å². The molecule has 0 radical (unpaired) electrons. The number of aryl methyl sites for hydroxylation is 1. The van der Waals surface area contributed by atoms with Crippen LogP contribution in [0, 0.1) is 12.1 Å². The van der Waals surface area contributed by atoms with Gasteiger partial charge in [0.1, 0.15) is 0 Å². The number of ether oxygens (including phenoxy) is 1. The van der Waals surface area contributed by atoms with E-state index in [1.54, 1.807) is 26.0 Å². The summed E-state index contributed by atoms with van der Waals surface area (Å²) >= 11 is 0. The highest BCUT2D eigenvalue weighted by atomic mass is 16.5. The minimum absolute atomic E-state index is 0.0596. The molecular formula is C9H11NO3. The number of hydrogen-bond acceptors (Lipinski definition) is 3. The van der Waals surface area contributed by atoms with Crippen molar-refractivity contribution >= 4 is 5.97 Å². The van der Waals surface area contributed by atoms with Gasteiger partial charge in [-0.15, -0.1) is 0 Å². The van der Waals surface area contributed by atoms with Gasteiger partial charge in [-0.25, -0.2) is 4.79 Å². The smallest absolute Gasteiger partial charge is 0.405 e. The Hall–Kier alpha value is -1.58. The van der Waals surface area contributed by atoms with Crippen LogP contribution in [0.5, 0.6) is 0 Å². The van der Waals surface area contributed by atoms with E-state index in [0.29, 0.717) is 10.3 Å². The summed E-state index contributed by atoms with van der Waals surface area (Å²) in [6.07, 6.45) is 1.28. The number of aromatic nitrogens is 1. The predicted molar refractivity (Wildman–Crippen MR) is 46.1 cm³/mol. The lowest BCUT2D eigenvalue weighted by Gasteiger charge is -2.05. The van der Waals surface area contributed by atoms with Crippen molar-refractivity contribution in [3.63, 3.8) is 0 Å². The highest BCUT2D eigenvalue weighted by Gasteiger charge is 2.19. The Morgan fingerprint density at radius 1 is 1.69 bits per heavy atom. The Bertz CT molecular complexity index is 302. The van der Waals surface area contributed by atoms with Crippen LogP contribution in [0.4, 0.5) is 0 Å². The SMILES string of the molecule is CCOC(=O)c1c(C)ccc[n+]1[O-]. The molecule has 1 aromatic rings. The molecule has 0 aliphatic heterocycles. The molecule has 0 N–H and O–H groups in total. The maximum atomic E-state index is 11.2. The highest BCUT2D eigenvalue weighted by Crippen LogP contribution is 2.02. The normalized spacial score (nSPS) is 9.69. The van der Waals surface area contributed by atoms with E-state index < -0.39 is 5.97 Å². The summed E-state index contributed by atoms with van der Waals surface area (Å²) in [4.78, 5) is 11.2. The van der Waals surface area contributed by atoms with Crippen LogP contribution in [-0.2, 0) is 4.74 Å². The second-order valence-corrected chi connectivity index (χ2v) is 2.59. The number of carbonyl (C=O) groups is 1. The van der Waals surface area contributed by atoms with Gasteiger partial charge in [-0.2, -0.15) is 4.73 Å². The first-order valence-corrected chi connectivity index (χ1v) is 4.02. The van der Waals surface area contributed by atoms with Crippen LogP contribution >= 0.6 is 0 Å². The number of nitrogens with zero attached hydrogens (tertiary/aromatic N) is 1. The molecule has 0 saturated carbocycles. The first-order chi connectivity index (χ1) is 6.16. The zero-order chi connectivity index (χ0) is 9.84. The Morgan fingerprint density at radius 2 is 2.38 bits per heavy atom. The standard InChI is InChI=1S/C9H11NO3/c1-3-13-9(11)8-7(2)5-4-6-10(8)12/h4-6H,3H2,1-2H3. The topological polar surface area (TPSA) is 53.2 Å². The molecule has 0 amide bonds. The van der Waals surface area contributed by atoms with E-state index in [2.05, 4.69) is 0 Å². The molecule has 0 saturated heterocycles. The molecule has 0 aliphatic carbocycles. The molecule has 1 rings (SSSR count). The monoisotopic (exact) mass is 181 g/mol. The lowest BCUT2D eigenvalue weighted by Crippen LogP contribution is -2.35. The van der Waals surface area contributed by atoms with Gasteiger partial charge >= 0.3 is 11.7 Å². The number of rotatable bonds is 2. The van der Waals surface area contributed by atoms with Crippen molar-refractivity contribution in [3.8, 4) is 0 Å². The average Bonchev–Trinajstić information content (AvgIpc) is 2.04. The van der Waals surface area contributed by atoms with Crippen molar-refractivity contribution in [2.75, 3.05) is 6.61 Å². The van der Waals surface area contributed by atoms with Crippen LogP contribution in [0.15, 0.2) is 18.3 Å². The van der Waals surface area contributed by atoms with Gasteiger partial charge in [-0.05, 0) is 19.9 Å². The number of carbonyl (C=O) groups excluding carboxylic acids is 1. The van der Waals surface area contributed by atoms with Crippen molar-refractivity contribution in [2.45, 2.75) is 13.8 Å². The van der Waals surface area contributed by atoms with Crippen molar-refractivity contribution in [3.05, 3.63) is 34.8 Å². The van der Waals surface area contributed by atoms with E-state index in [1.807, 2.05) is 0 Å². The average molecular weight is 181 g/mol. The molecule has 1 aromatic heterocycles. The third-order valence-electron chi connectivity index (χ3n) is 1.63. The number of hydrogen-bond donors (Lipinski definition) is 0. The van der Waals surface area contributed by atoms with Crippen molar-refractivity contribution in [1.82, 2.24) is 0 Å². The molecule has 1 heterocycles. The van der Waals surface area contributed by atoms with Crippen LogP contribution < -0.4 is 4.73 Å². The maximum absolute atomic E-state index is 11.2. The Balaban J connectivity index is 3.05. The summed E-state index contributed by atoms with van der Waals surface area (Å²) < 4.78 is 5.25. The second kappa shape index (κ2) is 3.89. The number of pyridine rings is 1. The third-order valence-corrected chi connectivity index (χ3v) is 1.63. The highest BCUT2D eigenvalue weighted by molar-refractivity contribution is 5.87. The summed E-state index contributed by atoms with van der Waals surface area (Å²) in [5.74, 6) is -0.574. The van der Waals surface area contributed by atoms with Crippen LogP contribution in [0.3, 0.4) is 0 Å². The zero-order valence-corrected chi connectivity index (χ0v) is 7.61. The van der Waals surface area contributed by atoms with Gasteiger partial charge in [-0.3, -0.25) is 0 Å². The molecule has 0 unspecified atom stereocenters. The molecule has 0 atom stereocenters. The van der Waals surface area contributed by atoms with E-state index in [4.69, 9.17) is 4.74 Å². The summed E-state index contributed by atoms with van der Waals surface area (Å²) in [6.45, 7) is 3.67. The lowest BCUT2D eigenvalue weighted by molar-refractivity contribution is -0.608. The summed E-state index contributed by atoms with van der Waals surface area (Å²) in [5, 5.41) is 11.2. The van der Waals surface area contributed by atoms with E-state index in [9.17, 15) is 10.0 Å². The first-order valence-electron chi connectivity index (χ1n) is 4.02. The van der Waals surface area contributed by atoms with Crippen LogP contribution in [0.2, 0.25) is 0 Å². The van der Waals surface area contributed by atoms with Crippen molar-refractivity contribution < 1.29 is 14.3 Å². The van der Waals surface area contributed by atoms with E-state index in [-0.39, 0.29) is 12.3 Å². The maximum Gasteiger partial charge on any atom is 0.405 e. The second-order valence-electron chi connectivity index (χ2n) is 2.59. The van der Waals surface area contributed by atoms with Gasteiger partial charge in [-0.1, -0.05) is 0 Å². The van der Waals surface area contributed by atoms with Crippen molar-refractivity contribution in [2.24, 2.45) is 0 Å². The molecule has 13 heavy (non-hydrogen) atoms. The van der Waals surface area contributed by atoms with Gasteiger partial charge in [0.25, 0.3) is 0 Å². The largest absolute Gasteiger partial charge is 0.618 e. The van der Waals surface area contributed by atoms with Gasteiger partial charge in [0.15, 0.2) is 6.20 Å². The van der Waals surface area contributed by atoms with E-state index >= 15 is 0 Å². The summed E-state index contributed by atoms with van der Waals surface area (Å²) in [5.41, 5.74) is 0.681. The fourth-order valence-electron chi connectivity index (χ4n) is 1.04. The minimum Gasteiger partial charge on any atom is -0.618 e. The fourth-order valence-corrected chi connectivity index (χ4v) is 1.04. The fraction of sp³-hybridized carbons (Fsp3) is 0.333. The summed E-state index contributed by atoms with van der Waals surface area (Å²) in [6, 6.07) is 3.28. The Morgan fingerprint density at radius 3 is 2.92 bits per heavy atom. The molecule has 70 valence electrons. The number of esters is 1. The Kier molecular flexibility index (Phi) is 2.84. The van der Waals surface area contributed by atoms with E-state index in [0.717, 1.165) is 0 Å². The molecule has 4 heteroatoms. The quantitative estimate of drug-likeness (QED) is 0.385.